The number of carboxylic acids is 1. The summed E-state index contributed by atoms with van der Waals surface area (Å²) in [5.41, 5.74) is 0.291. The minimum Gasteiger partial charge on any atom is -0.477 e. The average molecular weight is 237 g/mol. The largest absolute Gasteiger partial charge is 0.477 e. The lowest BCUT2D eigenvalue weighted by atomic mass is 10.1. The van der Waals surface area contributed by atoms with Crippen LogP contribution in [0.5, 0.6) is 0 Å². The molecule has 0 saturated carbocycles. The fraction of sp³-hybridized carbons (Fsp3) is 0.667. The van der Waals surface area contributed by atoms with Crippen molar-refractivity contribution in [2.75, 3.05) is 13.1 Å². The van der Waals surface area contributed by atoms with E-state index >= 15 is 0 Å². The standard InChI is InChI=1S/C12H19N3O2/c1-2-15-10(12(16)17)8-13-11(15)9-14-6-4-3-5-7-14/h8H,2-7,9H2,1H3,(H,16,17). The summed E-state index contributed by atoms with van der Waals surface area (Å²) in [4.78, 5) is 17.6. The molecule has 1 aromatic heterocycles. The van der Waals surface area contributed by atoms with Crippen molar-refractivity contribution in [2.24, 2.45) is 0 Å². The molecule has 0 amide bonds. The Morgan fingerprint density at radius 2 is 2.12 bits per heavy atom. The van der Waals surface area contributed by atoms with Gasteiger partial charge >= 0.3 is 5.97 Å². The highest BCUT2D eigenvalue weighted by molar-refractivity contribution is 5.85. The zero-order chi connectivity index (χ0) is 12.3. The van der Waals surface area contributed by atoms with Crippen LogP contribution in [0.4, 0.5) is 0 Å². The lowest BCUT2D eigenvalue weighted by Crippen LogP contribution is -2.30. The first kappa shape index (κ1) is 12.1. The first-order valence-electron chi connectivity index (χ1n) is 6.22. The van der Waals surface area contributed by atoms with Gasteiger partial charge in [0, 0.05) is 6.54 Å². The van der Waals surface area contributed by atoms with Gasteiger partial charge < -0.3 is 9.67 Å². The highest BCUT2D eigenvalue weighted by Crippen LogP contribution is 2.13. The number of aromatic nitrogens is 2. The van der Waals surface area contributed by atoms with E-state index in [4.69, 9.17) is 5.11 Å². The van der Waals surface area contributed by atoms with Gasteiger partial charge in [-0.25, -0.2) is 9.78 Å². The monoisotopic (exact) mass is 237 g/mol. The first-order chi connectivity index (χ1) is 8.22. The summed E-state index contributed by atoms with van der Waals surface area (Å²) in [5, 5.41) is 9.04. The van der Waals surface area contributed by atoms with Crippen molar-refractivity contribution >= 4 is 5.97 Å². The van der Waals surface area contributed by atoms with E-state index < -0.39 is 5.97 Å². The zero-order valence-electron chi connectivity index (χ0n) is 10.2. The maximum Gasteiger partial charge on any atom is 0.354 e. The lowest BCUT2D eigenvalue weighted by Gasteiger charge is -2.26. The van der Waals surface area contributed by atoms with Gasteiger partial charge in [0.2, 0.25) is 0 Å². The minimum absolute atomic E-state index is 0.291. The summed E-state index contributed by atoms with van der Waals surface area (Å²) in [7, 11) is 0. The van der Waals surface area contributed by atoms with Gasteiger partial charge in [0.1, 0.15) is 11.5 Å². The van der Waals surface area contributed by atoms with Crippen LogP contribution in [0.2, 0.25) is 0 Å². The van der Waals surface area contributed by atoms with Crippen LogP contribution in [-0.4, -0.2) is 38.6 Å². The second-order valence-corrected chi connectivity index (χ2v) is 4.45. The number of carbonyl (C=O) groups is 1. The molecule has 2 heterocycles. The molecular formula is C12H19N3O2. The van der Waals surface area contributed by atoms with E-state index in [1.807, 2.05) is 6.92 Å². The molecule has 5 nitrogen and oxygen atoms in total. The van der Waals surface area contributed by atoms with Crippen LogP contribution < -0.4 is 0 Å². The Labute approximate surface area is 101 Å². The molecule has 1 N–H and O–H groups in total. The number of likely N-dealkylation sites (tertiary alicyclic amines) is 1. The summed E-state index contributed by atoms with van der Waals surface area (Å²) in [5.74, 6) is -0.0314. The second kappa shape index (κ2) is 5.31. The molecule has 0 unspecified atom stereocenters. The smallest absolute Gasteiger partial charge is 0.354 e. The number of imidazole rings is 1. The van der Waals surface area contributed by atoms with Crippen LogP contribution >= 0.6 is 0 Å². The average Bonchev–Trinajstić information content (AvgIpc) is 2.73. The van der Waals surface area contributed by atoms with Crippen LogP contribution in [0, 0.1) is 0 Å². The summed E-state index contributed by atoms with van der Waals surface area (Å²) < 4.78 is 1.79. The summed E-state index contributed by atoms with van der Waals surface area (Å²) in [6, 6.07) is 0. The molecule has 1 aromatic rings. The molecule has 0 aromatic carbocycles. The number of hydrogen-bond donors (Lipinski definition) is 1. The van der Waals surface area contributed by atoms with Crippen molar-refractivity contribution in [3.05, 3.63) is 17.7 Å². The van der Waals surface area contributed by atoms with Gasteiger partial charge in [-0.1, -0.05) is 6.42 Å². The quantitative estimate of drug-likeness (QED) is 0.864. The highest BCUT2D eigenvalue weighted by Gasteiger charge is 2.17. The molecule has 5 heteroatoms. The number of carboxylic acid groups (broad SMARTS) is 1. The fourth-order valence-electron chi connectivity index (χ4n) is 2.38. The summed E-state index contributed by atoms with van der Waals surface area (Å²) in [6.07, 6.45) is 5.24. The van der Waals surface area contributed by atoms with Crippen LogP contribution in [0.25, 0.3) is 0 Å². The molecular weight excluding hydrogens is 218 g/mol. The first-order valence-corrected chi connectivity index (χ1v) is 6.22. The summed E-state index contributed by atoms with van der Waals surface area (Å²) >= 11 is 0. The molecule has 2 rings (SSSR count). The van der Waals surface area contributed by atoms with Crippen molar-refractivity contribution in [2.45, 2.75) is 39.3 Å². The maximum absolute atomic E-state index is 11.0. The third-order valence-corrected chi connectivity index (χ3v) is 3.29. The maximum atomic E-state index is 11.0. The van der Waals surface area contributed by atoms with E-state index in [9.17, 15) is 4.79 Å². The highest BCUT2D eigenvalue weighted by atomic mass is 16.4. The Morgan fingerprint density at radius 1 is 1.41 bits per heavy atom. The SMILES string of the molecule is CCn1c(C(=O)O)cnc1CN1CCCCC1. The van der Waals surface area contributed by atoms with Gasteiger partial charge in [-0.15, -0.1) is 0 Å². The predicted octanol–water partition coefficient (Wildman–Crippen LogP) is 1.59. The van der Waals surface area contributed by atoms with E-state index in [0.717, 1.165) is 25.5 Å². The van der Waals surface area contributed by atoms with Gasteiger partial charge in [0.15, 0.2) is 0 Å². The third kappa shape index (κ3) is 2.66. The Kier molecular flexibility index (Phi) is 3.78. The summed E-state index contributed by atoms with van der Waals surface area (Å²) in [6.45, 7) is 5.57. The Morgan fingerprint density at radius 3 is 2.71 bits per heavy atom. The van der Waals surface area contributed by atoms with Crippen LogP contribution in [0.3, 0.4) is 0 Å². The van der Waals surface area contributed by atoms with Crippen molar-refractivity contribution in [1.29, 1.82) is 0 Å². The van der Waals surface area contributed by atoms with Gasteiger partial charge in [-0.05, 0) is 32.9 Å². The number of aromatic carboxylic acids is 1. The Bertz CT molecular complexity index is 394. The number of piperidine rings is 1. The normalized spacial score (nSPS) is 17.2. The zero-order valence-corrected chi connectivity index (χ0v) is 10.2. The van der Waals surface area contributed by atoms with Crippen molar-refractivity contribution < 1.29 is 9.90 Å². The van der Waals surface area contributed by atoms with E-state index in [1.54, 1.807) is 4.57 Å². The molecule has 0 atom stereocenters. The Balaban J connectivity index is 2.12. The third-order valence-electron chi connectivity index (χ3n) is 3.29. The van der Waals surface area contributed by atoms with E-state index in [0.29, 0.717) is 12.2 Å². The molecule has 0 spiro atoms. The van der Waals surface area contributed by atoms with Crippen molar-refractivity contribution in [3.63, 3.8) is 0 Å². The number of nitrogens with zero attached hydrogens (tertiary/aromatic N) is 3. The minimum atomic E-state index is -0.899. The van der Waals surface area contributed by atoms with E-state index in [-0.39, 0.29) is 0 Å². The van der Waals surface area contributed by atoms with Crippen LogP contribution in [0.15, 0.2) is 6.20 Å². The predicted molar refractivity (Wildman–Crippen MR) is 64.0 cm³/mol. The lowest BCUT2D eigenvalue weighted by molar-refractivity contribution is 0.0684. The number of rotatable bonds is 4. The van der Waals surface area contributed by atoms with Gasteiger partial charge in [0.25, 0.3) is 0 Å². The molecule has 1 saturated heterocycles. The molecule has 1 aliphatic heterocycles. The molecule has 1 fully saturated rings. The van der Waals surface area contributed by atoms with E-state index in [1.165, 1.54) is 25.5 Å². The van der Waals surface area contributed by atoms with Crippen molar-refractivity contribution in [3.8, 4) is 0 Å². The topological polar surface area (TPSA) is 58.4 Å². The molecule has 0 aliphatic carbocycles. The molecule has 0 radical (unpaired) electrons. The number of hydrogen-bond acceptors (Lipinski definition) is 3. The molecule has 17 heavy (non-hydrogen) atoms. The molecule has 0 bridgehead atoms. The van der Waals surface area contributed by atoms with Crippen LogP contribution in [0.1, 0.15) is 42.5 Å². The second-order valence-electron chi connectivity index (χ2n) is 4.45. The van der Waals surface area contributed by atoms with Gasteiger partial charge in [-0.3, -0.25) is 4.90 Å². The molecule has 94 valence electrons. The van der Waals surface area contributed by atoms with E-state index in [2.05, 4.69) is 9.88 Å². The van der Waals surface area contributed by atoms with Gasteiger partial charge in [-0.2, -0.15) is 0 Å². The van der Waals surface area contributed by atoms with Crippen LogP contribution in [-0.2, 0) is 13.1 Å². The fourth-order valence-corrected chi connectivity index (χ4v) is 2.38. The van der Waals surface area contributed by atoms with Gasteiger partial charge in [0.05, 0.1) is 12.7 Å². The van der Waals surface area contributed by atoms with Crippen molar-refractivity contribution in [1.82, 2.24) is 14.5 Å². The molecule has 1 aliphatic rings. The Hall–Kier alpha value is -1.36.